The zero-order valence-corrected chi connectivity index (χ0v) is 12.5. The maximum atomic E-state index is 11.7. The quantitative estimate of drug-likeness (QED) is 0.735. The lowest BCUT2D eigenvalue weighted by Crippen LogP contribution is -2.80. The minimum absolute atomic E-state index is 0.324. The molecule has 0 saturated carbocycles. The van der Waals surface area contributed by atoms with E-state index in [9.17, 15) is 4.79 Å². The fourth-order valence-corrected chi connectivity index (χ4v) is 3.01. The number of fused-ring (bicyclic) bond motifs is 1. The van der Waals surface area contributed by atoms with Crippen LogP contribution in [0.3, 0.4) is 0 Å². The second-order valence-electron chi connectivity index (χ2n) is 4.73. The normalized spacial score (nSPS) is 10.9. The second kappa shape index (κ2) is 6.11. The highest BCUT2D eigenvalue weighted by molar-refractivity contribution is 7.09. The number of nitrogens with two attached hydrogens (primary N) is 1. The summed E-state index contributed by atoms with van der Waals surface area (Å²) in [6.07, 6.45) is 0. The fourth-order valence-electron chi connectivity index (χ4n) is 2.30. The van der Waals surface area contributed by atoms with E-state index in [1.54, 1.807) is 30.6 Å². The summed E-state index contributed by atoms with van der Waals surface area (Å²) in [5.74, 6) is 0.686. The van der Waals surface area contributed by atoms with E-state index in [2.05, 4.69) is 16.8 Å². The summed E-state index contributed by atoms with van der Waals surface area (Å²) < 4.78 is 10.4. The van der Waals surface area contributed by atoms with E-state index in [4.69, 9.17) is 9.15 Å². The zero-order chi connectivity index (χ0) is 14.7. The van der Waals surface area contributed by atoms with Crippen LogP contribution >= 0.6 is 11.3 Å². The van der Waals surface area contributed by atoms with Crippen LogP contribution in [0.2, 0.25) is 0 Å². The van der Waals surface area contributed by atoms with Gasteiger partial charge in [0.1, 0.15) is 24.4 Å². The average molecular weight is 302 g/mol. The summed E-state index contributed by atoms with van der Waals surface area (Å²) in [5.41, 5.74) is 1.23. The third-order valence-corrected chi connectivity index (χ3v) is 4.23. The van der Waals surface area contributed by atoms with Crippen LogP contribution in [0, 0.1) is 0 Å². The average Bonchev–Trinajstić information content (AvgIpc) is 2.99. The molecular formula is C16H16NO3S+. The van der Waals surface area contributed by atoms with Gasteiger partial charge < -0.3 is 14.5 Å². The fraction of sp³-hybridized carbons (Fsp3) is 0.188. The van der Waals surface area contributed by atoms with Crippen LogP contribution in [-0.4, -0.2) is 7.11 Å². The molecule has 0 unspecified atom stereocenters. The minimum atomic E-state index is -0.324. The van der Waals surface area contributed by atoms with Gasteiger partial charge in [-0.2, -0.15) is 0 Å². The van der Waals surface area contributed by atoms with Crippen molar-refractivity contribution in [2.24, 2.45) is 0 Å². The first-order valence-electron chi connectivity index (χ1n) is 6.71. The van der Waals surface area contributed by atoms with E-state index in [1.165, 1.54) is 4.88 Å². The van der Waals surface area contributed by atoms with E-state index in [0.717, 1.165) is 24.0 Å². The van der Waals surface area contributed by atoms with Gasteiger partial charge in [0.2, 0.25) is 0 Å². The molecule has 4 nitrogen and oxygen atoms in total. The molecule has 0 fully saturated rings. The first-order valence-corrected chi connectivity index (χ1v) is 7.59. The predicted molar refractivity (Wildman–Crippen MR) is 82.7 cm³/mol. The summed E-state index contributed by atoms with van der Waals surface area (Å²) >= 11 is 1.74. The minimum Gasteiger partial charge on any atom is -0.497 e. The lowest BCUT2D eigenvalue weighted by atomic mass is 10.1. The molecule has 21 heavy (non-hydrogen) atoms. The Morgan fingerprint density at radius 3 is 2.90 bits per heavy atom. The predicted octanol–water partition coefficient (Wildman–Crippen LogP) is 2.13. The van der Waals surface area contributed by atoms with Crippen LogP contribution in [0.1, 0.15) is 10.4 Å². The van der Waals surface area contributed by atoms with Crippen molar-refractivity contribution in [3.8, 4) is 5.75 Å². The summed E-state index contributed by atoms with van der Waals surface area (Å²) in [4.78, 5) is 13.0. The molecule has 2 heterocycles. The number of thiophene rings is 1. The van der Waals surface area contributed by atoms with Gasteiger partial charge >= 0.3 is 5.63 Å². The largest absolute Gasteiger partial charge is 0.497 e. The topological polar surface area (TPSA) is 56.0 Å². The molecule has 3 aromatic rings. The van der Waals surface area contributed by atoms with Gasteiger partial charge in [-0.05, 0) is 23.6 Å². The molecule has 0 spiro atoms. The maximum absolute atomic E-state index is 11.7. The summed E-state index contributed by atoms with van der Waals surface area (Å²) in [6, 6.07) is 11.3. The monoisotopic (exact) mass is 302 g/mol. The number of quaternary nitrogens is 1. The molecule has 5 heteroatoms. The van der Waals surface area contributed by atoms with Gasteiger partial charge in [-0.15, -0.1) is 11.3 Å². The number of methoxy groups -OCH3 is 1. The molecule has 0 bridgehead atoms. The van der Waals surface area contributed by atoms with Gasteiger partial charge in [-0.25, -0.2) is 4.79 Å². The Balaban J connectivity index is 1.85. The molecule has 108 valence electrons. The molecule has 2 N–H and O–H groups in total. The third-order valence-electron chi connectivity index (χ3n) is 3.33. The molecule has 0 aliphatic rings. The number of hydrogen-bond donors (Lipinski definition) is 1. The van der Waals surface area contributed by atoms with Crippen molar-refractivity contribution in [3.63, 3.8) is 0 Å². The van der Waals surface area contributed by atoms with Crippen molar-refractivity contribution in [2.75, 3.05) is 7.11 Å². The summed E-state index contributed by atoms with van der Waals surface area (Å²) in [6.45, 7) is 1.65. The van der Waals surface area contributed by atoms with Crippen LogP contribution in [0.4, 0.5) is 0 Å². The molecule has 2 aromatic heterocycles. The van der Waals surface area contributed by atoms with Crippen molar-refractivity contribution in [2.45, 2.75) is 13.1 Å². The Kier molecular flexibility index (Phi) is 4.03. The highest BCUT2D eigenvalue weighted by Crippen LogP contribution is 2.22. The molecule has 0 aliphatic carbocycles. The molecule has 0 saturated heterocycles. The third kappa shape index (κ3) is 3.15. The molecule has 1 aromatic carbocycles. The van der Waals surface area contributed by atoms with E-state index >= 15 is 0 Å². The van der Waals surface area contributed by atoms with Crippen LogP contribution < -0.4 is 15.7 Å². The van der Waals surface area contributed by atoms with E-state index in [-0.39, 0.29) is 5.63 Å². The number of hydrogen-bond acceptors (Lipinski definition) is 4. The summed E-state index contributed by atoms with van der Waals surface area (Å²) in [7, 11) is 1.60. The molecule has 0 atom stereocenters. The second-order valence-corrected chi connectivity index (χ2v) is 5.76. The van der Waals surface area contributed by atoms with Gasteiger partial charge in [0.25, 0.3) is 0 Å². The number of ether oxygens (including phenoxy) is 1. The Morgan fingerprint density at radius 1 is 1.24 bits per heavy atom. The smallest absolute Gasteiger partial charge is 0.336 e. The number of benzene rings is 1. The number of rotatable bonds is 5. The zero-order valence-electron chi connectivity index (χ0n) is 11.7. The van der Waals surface area contributed by atoms with Crippen molar-refractivity contribution in [1.82, 2.24) is 0 Å². The van der Waals surface area contributed by atoms with Gasteiger partial charge in [0, 0.05) is 23.1 Å². The first-order chi connectivity index (χ1) is 10.3. The molecular weight excluding hydrogens is 286 g/mol. The first kappa shape index (κ1) is 13.9. The molecule has 3 rings (SSSR count). The molecule has 0 aliphatic heterocycles. The molecule has 0 radical (unpaired) electrons. The van der Waals surface area contributed by atoms with E-state index < -0.39 is 0 Å². The summed E-state index contributed by atoms with van der Waals surface area (Å²) in [5, 5.41) is 5.21. The highest BCUT2D eigenvalue weighted by atomic mass is 32.1. The van der Waals surface area contributed by atoms with Crippen molar-refractivity contribution >= 4 is 22.3 Å². The van der Waals surface area contributed by atoms with Crippen LogP contribution in [-0.2, 0) is 13.1 Å². The SMILES string of the molecule is COc1ccc2c(C[NH2+]Cc3cccs3)cc(=O)oc2c1. The Labute approximate surface area is 126 Å². The maximum Gasteiger partial charge on any atom is 0.336 e. The lowest BCUT2D eigenvalue weighted by Gasteiger charge is -2.06. The lowest BCUT2D eigenvalue weighted by molar-refractivity contribution is -0.685. The van der Waals surface area contributed by atoms with Crippen molar-refractivity contribution in [1.29, 1.82) is 0 Å². The van der Waals surface area contributed by atoms with Gasteiger partial charge in [0.05, 0.1) is 12.0 Å². The standard InChI is InChI=1S/C16H15NO3S/c1-19-12-4-5-14-11(7-16(18)20-15(14)8-12)9-17-10-13-3-2-6-21-13/h2-8,17H,9-10H2,1H3/p+1. The van der Waals surface area contributed by atoms with Gasteiger partial charge in [-0.1, -0.05) is 6.07 Å². The Hall–Kier alpha value is -2.11. The van der Waals surface area contributed by atoms with Crippen molar-refractivity contribution in [3.05, 3.63) is 62.6 Å². The Morgan fingerprint density at radius 2 is 2.14 bits per heavy atom. The van der Waals surface area contributed by atoms with Crippen LogP contribution in [0.5, 0.6) is 5.75 Å². The molecule has 0 amide bonds. The van der Waals surface area contributed by atoms with Crippen molar-refractivity contribution < 1.29 is 14.5 Å². The Bertz CT molecular complexity index is 793. The van der Waals surface area contributed by atoms with Gasteiger partial charge in [0.15, 0.2) is 0 Å². The van der Waals surface area contributed by atoms with Gasteiger partial charge in [-0.3, -0.25) is 0 Å². The van der Waals surface area contributed by atoms with E-state index in [1.807, 2.05) is 18.2 Å². The van der Waals surface area contributed by atoms with Crippen LogP contribution in [0.15, 0.2) is 51.0 Å². The van der Waals surface area contributed by atoms with Crippen LogP contribution in [0.25, 0.3) is 11.0 Å². The highest BCUT2D eigenvalue weighted by Gasteiger charge is 2.08. The van der Waals surface area contributed by atoms with E-state index in [0.29, 0.717) is 11.3 Å².